The molecular weight excluding hydrogens is 248 g/mol. The Bertz CT molecular complexity index is 387. The lowest BCUT2D eigenvalue weighted by Crippen LogP contribution is -2.57. The van der Waals surface area contributed by atoms with E-state index in [2.05, 4.69) is 10.3 Å². The van der Waals surface area contributed by atoms with E-state index < -0.39 is 31.3 Å². The quantitative estimate of drug-likeness (QED) is 0.554. The Morgan fingerprint density at radius 1 is 1.35 bits per heavy atom. The first kappa shape index (κ1) is 13.9. The highest BCUT2D eigenvalue weighted by Crippen LogP contribution is 2.09. The zero-order chi connectivity index (χ0) is 12.9. The molecule has 0 unspecified atom stereocenters. The molecule has 0 spiro atoms. The minimum absolute atomic E-state index is 0.0391. The summed E-state index contributed by atoms with van der Waals surface area (Å²) in [5, 5.41) is 29.8. The average Bonchev–Trinajstić information content (AvgIpc) is 2.36. The maximum atomic E-state index is 11.7. The molecule has 1 amide bonds. The molecule has 0 saturated carbocycles. The van der Waals surface area contributed by atoms with Crippen LogP contribution in [0, 0.1) is 0 Å². The lowest BCUT2D eigenvalue weighted by atomic mass is 10.0. The summed E-state index contributed by atoms with van der Waals surface area (Å²) >= 11 is 5.69. The Morgan fingerprint density at radius 3 is 2.41 bits per heavy atom. The fourth-order valence-corrected chi connectivity index (χ4v) is 1.26. The fourth-order valence-electron chi connectivity index (χ4n) is 1.10. The highest BCUT2D eigenvalue weighted by molar-refractivity contribution is 6.30. The van der Waals surface area contributed by atoms with Crippen molar-refractivity contribution < 1.29 is 20.1 Å². The lowest BCUT2D eigenvalue weighted by Gasteiger charge is -2.28. The van der Waals surface area contributed by atoms with Gasteiger partial charge in [-0.2, -0.15) is 0 Å². The molecule has 6 nitrogen and oxygen atoms in total. The lowest BCUT2D eigenvalue weighted by molar-refractivity contribution is 0.0373. The summed E-state index contributed by atoms with van der Waals surface area (Å²) in [5.41, 5.74) is -1.43. The van der Waals surface area contributed by atoms with Gasteiger partial charge in [0, 0.05) is 11.2 Å². The monoisotopic (exact) mass is 260 g/mol. The van der Waals surface area contributed by atoms with Gasteiger partial charge < -0.3 is 20.6 Å². The van der Waals surface area contributed by atoms with Gasteiger partial charge in [-0.05, 0) is 12.1 Å². The van der Waals surface area contributed by atoms with Gasteiger partial charge in [0.2, 0.25) is 0 Å². The van der Waals surface area contributed by atoms with Crippen LogP contribution in [0.5, 0.6) is 0 Å². The first-order chi connectivity index (χ1) is 8.06. The molecule has 1 heterocycles. The van der Waals surface area contributed by atoms with Gasteiger partial charge in [0.25, 0.3) is 5.91 Å². The zero-order valence-corrected chi connectivity index (χ0v) is 9.68. The molecule has 17 heavy (non-hydrogen) atoms. The molecule has 0 aliphatic heterocycles. The fraction of sp³-hybridized carbons (Fsp3) is 0.400. The van der Waals surface area contributed by atoms with Crippen molar-refractivity contribution in [3.63, 3.8) is 0 Å². The normalized spacial score (nSPS) is 11.3. The number of pyridine rings is 1. The van der Waals surface area contributed by atoms with Gasteiger partial charge in [0.15, 0.2) is 0 Å². The summed E-state index contributed by atoms with van der Waals surface area (Å²) in [6.07, 6.45) is 1.36. The summed E-state index contributed by atoms with van der Waals surface area (Å²) in [5.74, 6) is -0.635. The predicted molar refractivity (Wildman–Crippen MR) is 60.7 cm³/mol. The van der Waals surface area contributed by atoms with Crippen LogP contribution in [-0.2, 0) is 0 Å². The van der Waals surface area contributed by atoms with Crippen LogP contribution >= 0.6 is 11.6 Å². The Hall–Kier alpha value is -1.21. The molecule has 4 N–H and O–H groups in total. The number of nitrogens with one attached hydrogen (secondary N) is 1. The number of rotatable bonds is 5. The van der Waals surface area contributed by atoms with Crippen LogP contribution in [0.1, 0.15) is 10.5 Å². The van der Waals surface area contributed by atoms with Crippen LogP contribution in [-0.4, -0.2) is 51.6 Å². The van der Waals surface area contributed by atoms with Gasteiger partial charge in [-0.3, -0.25) is 9.78 Å². The molecule has 0 aliphatic rings. The summed E-state index contributed by atoms with van der Waals surface area (Å²) in [6.45, 7) is -1.77. The standard InChI is InChI=1S/C10H13ClN2O4/c11-7-1-2-12-8(3-7)9(17)13-10(4-14,5-15)6-16/h1-3,14-16H,4-6H2,(H,13,17). The second-order valence-corrected chi connectivity index (χ2v) is 4.00. The summed E-state index contributed by atoms with van der Waals surface area (Å²) in [4.78, 5) is 15.5. The van der Waals surface area contributed by atoms with Gasteiger partial charge in [-0.25, -0.2) is 0 Å². The van der Waals surface area contributed by atoms with Crippen molar-refractivity contribution >= 4 is 17.5 Å². The molecule has 0 fully saturated rings. The highest BCUT2D eigenvalue weighted by atomic mass is 35.5. The molecule has 0 radical (unpaired) electrons. The van der Waals surface area contributed by atoms with E-state index in [1.807, 2.05) is 0 Å². The van der Waals surface area contributed by atoms with Crippen molar-refractivity contribution in [1.29, 1.82) is 0 Å². The second-order valence-electron chi connectivity index (χ2n) is 3.57. The van der Waals surface area contributed by atoms with Crippen LogP contribution in [0.2, 0.25) is 5.02 Å². The third kappa shape index (κ3) is 3.37. The molecule has 94 valence electrons. The Balaban J connectivity index is 2.84. The number of amides is 1. The van der Waals surface area contributed by atoms with E-state index in [0.717, 1.165) is 0 Å². The molecular formula is C10H13ClN2O4. The third-order valence-electron chi connectivity index (χ3n) is 2.24. The van der Waals surface area contributed by atoms with Gasteiger partial charge in [0.05, 0.1) is 19.8 Å². The summed E-state index contributed by atoms with van der Waals surface area (Å²) in [6, 6.07) is 2.85. The van der Waals surface area contributed by atoms with E-state index in [1.165, 1.54) is 18.3 Å². The molecule has 0 bridgehead atoms. The van der Waals surface area contributed by atoms with E-state index in [1.54, 1.807) is 0 Å². The minimum Gasteiger partial charge on any atom is -0.394 e. The van der Waals surface area contributed by atoms with Crippen LogP contribution in [0.4, 0.5) is 0 Å². The average molecular weight is 261 g/mol. The number of carbonyl (C=O) groups is 1. The van der Waals surface area contributed by atoms with Crippen molar-refractivity contribution in [2.75, 3.05) is 19.8 Å². The van der Waals surface area contributed by atoms with Gasteiger partial charge in [-0.15, -0.1) is 0 Å². The van der Waals surface area contributed by atoms with Crippen molar-refractivity contribution in [3.05, 3.63) is 29.0 Å². The maximum Gasteiger partial charge on any atom is 0.270 e. The number of hydrogen-bond donors (Lipinski definition) is 4. The highest BCUT2D eigenvalue weighted by Gasteiger charge is 2.30. The summed E-state index contributed by atoms with van der Waals surface area (Å²) < 4.78 is 0. The number of hydrogen-bond acceptors (Lipinski definition) is 5. The van der Waals surface area contributed by atoms with Crippen molar-refractivity contribution in [2.24, 2.45) is 0 Å². The van der Waals surface area contributed by atoms with E-state index in [4.69, 9.17) is 26.9 Å². The Kier molecular flexibility index (Phi) is 4.83. The van der Waals surface area contributed by atoms with Crippen LogP contribution < -0.4 is 5.32 Å². The van der Waals surface area contributed by atoms with E-state index >= 15 is 0 Å². The van der Waals surface area contributed by atoms with Crippen molar-refractivity contribution in [2.45, 2.75) is 5.54 Å². The number of halogens is 1. The SMILES string of the molecule is O=C(NC(CO)(CO)CO)c1cc(Cl)ccn1. The molecule has 0 aliphatic carbocycles. The number of aliphatic hydroxyl groups is 3. The molecule has 0 aromatic carbocycles. The molecule has 0 saturated heterocycles. The van der Waals surface area contributed by atoms with E-state index in [9.17, 15) is 4.79 Å². The molecule has 7 heteroatoms. The molecule has 1 rings (SSSR count). The topological polar surface area (TPSA) is 103 Å². The van der Waals surface area contributed by atoms with E-state index in [0.29, 0.717) is 5.02 Å². The van der Waals surface area contributed by atoms with Crippen LogP contribution in [0.3, 0.4) is 0 Å². The minimum atomic E-state index is -1.47. The third-order valence-corrected chi connectivity index (χ3v) is 2.48. The van der Waals surface area contributed by atoms with Crippen LogP contribution in [0.15, 0.2) is 18.3 Å². The summed E-state index contributed by atoms with van der Waals surface area (Å²) in [7, 11) is 0. The number of aromatic nitrogens is 1. The number of carbonyl (C=O) groups excluding carboxylic acids is 1. The first-order valence-corrected chi connectivity index (χ1v) is 5.21. The maximum absolute atomic E-state index is 11.7. The van der Waals surface area contributed by atoms with Gasteiger partial charge >= 0.3 is 0 Å². The van der Waals surface area contributed by atoms with Gasteiger partial charge in [0.1, 0.15) is 11.2 Å². The predicted octanol–water partition coefficient (Wildman–Crippen LogP) is -0.820. The van der Waals surface area contributed by atoms with E-state index in [-0.39, 0.29) is 5.69 Å². The van der Waals surface area contributed by atoms with Gasteiger partial charge in [-0.1, -0.05) is 11.6 Å². The van der Waals surface area contributed by atoms with Crippen molar-refractivity contribution in [1.82, 2.24) is 10.3 Å². The first-order valence-electron chi connectivity index (χ1n) is 4.83. The van der Waals surface area contributed by atoms with Crippen LogP contribution in [0.25, 0.3) is 0 Å². The number of aliphatic hydroxyl groups excluding tert-OH is 3. The van der Waals surface area contributed by atoms with Crippen molar-refractivity contribution in [3.8, 4) is 0 Å². The Morgan fingerprint density at radius 2 is 1.94 bits per heavy atom. The smallest absolute Gasteiger partial charge is 0.270 e. The second kappa shape index (κ2) is 5.92. The Labute approximate surface area is 103 Å². The zero-order valence-electron chi connectivity index (χ0n) is 8.93. The molecule has 0 atom stereocenters. The molecule has 1 aromatic heterocycles. The molecule has 1 aromatic rings. The largest absolute Gasteiger partial charge is 0.394 e. The number of nitrogens with zero attached hydrogens (tertiary/aromatic N) is 1.